The summed E-state index contributed by atoms with van der Waals surface area (Å²) in [4.78, 5) is 0.0466. The molecule has 4 N–H and O–H groups in total. The van der Waals surface area contributed by atoms with Gasteiger partial charge in [0.25, 0.3) is 0 Å². The second-order valence-electron chi connectivity index (χ2n) is 3.16. The molecule has 0 saturated heterocycles. The van der Waals surface area contributed by atoms with E-state index in [1.807, 2.05) is 0 Å². The van der Waals surface area contributed by atoms with Gasteiger partial charge in [-0.2, -0.15) is 0 Å². The minimum absolute atomic E-state index is 0.0466. The normalized spacial score (nSPS) is 20.3. The van der Waals surface area contributed by atoms with Crippen molar-refractivity contribution in [3.8, 4) is 5.75 Å². The first-order chi connectivity index (χ1) is 6.48. The van der Waals surface area contributed by atoms with Crippen LogP contribution in [0.2, 0.25) is 0 Å². The molecule has 76 valence electrons. The van der Waals surface area contributed by atoms with E-state index in [0.717, 1.165) is 5.56 Å². The van der Waals surface area contributed by atoms with Gasteiger partial charge in [0.05, 0.1) is 10.9 Å². The van der Waals surface area contributed by atoms with E-state index in [2.05, 4.69) is 0 Å². The Morgan fingerprint density at radius 1 is 1.43 bits per heavy atom. The lowest BCUT2D eigenvalue weighted by Gasteiger charge is -2.02. The lowest BCUT2D eigenvalue weighted by molar-refractivity contribution is 0.332. The van der Waals surface area contributed by atoms with Crippen molar-refractivity contribution < 1.29 is 13.2 Å². The van der Waals surface area contributed by atoms with Crippen molar-refractivity contribution in [1.82, 2.24) is 0 Å². The Balaban J connectivity index is 2.53. The largest absolute Gasteiger partial charge is 0.491 e. The number of rotatable bonds is 1. The Hall–Kier alpha value is -1.11. The molecule has 1 aliphatic heterocycles. The fraction of sp³-hybridized carbons (Fsp3) is 0.250. The molecular formula is C8H10N2O3S. The molecule has 0 aromatic heterocycles. The predicted octanol–water partition coefficient (Wildman–Crippen LogP) is -0.274. The lowest BCUT2D eigenvalue weighted by Crippen LogP contribution is -2.12. The van der Waals surface area contributed by atoms with Gasteiger partial charge in [-0.1, -0.05) is 6.07 Å². The van der Waals surface area contributed by atoms with E-state index in [0.29, 0.717) is 12.4 Å². The van der Waals surface area contributed by atoms with Crippen molar-refractivity contribution in [3.63, 3.8) is 0 Å². The standard InChI is InChI=1S/C8H10N2O3S/c9-7-4-13-8-3-5(14(10,11)12)1-2-6(7)8/h1-3,7H,4,9H2,(H2,10,11,12)/t7-/m1/s1. The molecule has 0 amide bonds. The average molecular weight is 214 g/mol. The molecule has 5 nitrogen and oxygen atoms in total. The van der Waals surface area contributed by atoms with Crippen molar-refractivity contribution in [2.24, 2.45) is 10.9 Å². The molecule has 14 heavy (non-hydrogen) atoms. The molecule has 0 radical (unpaired) electrons. The summed E-state index contributed by atoms with van der Waals surface area (Å²) >= 11 is 0. The van der Waals surface area contributed by atoms with Gasteiger partial charge in [0, 0.05) is 11.6 Å². The zero-order chi connectivity index (χ0) is 10.3. The van der Waals surface area contributed by atoms with Gasteiger partial charge < -0.3 is 10.5 Å². The van der Waals surface area contributed by atoms with Gasteiger partial charge in [-0.05, 0) is 6.07 Å². The van der Waals surface area contributed by atoms with Crippen LogP contribution in [-0.2, 0) is 10.0 Å². The van der Waals surface area contributed by atoms with E-state index in [1.54, 1.807) is 6.07 Å². The van der Waals surface area contributed by atoms with Crippen molar-refractivity contribution in [3.05, 3.63) is 23.8 Å². The number of hydrogen-bond donors (Lipinski definition) is 2. The van der Waals surface area contributed by atoms with Gasteiger partial charge in [-0.25, -0.2) is 13.6 Å². The molecule has 0 aliphatic carbocycles. The van der Waals surface area contributed by atoms with E-state index in [9.17, 15) is 8.42 Å². The van der Waals surface area contributed by atoms with Gasteiger partial charge in [0.2, 0.25) is 10.0 Å². The summed E-state index contributed by atoms with van der Waals surface area (Å²) < 4.78 is 27.2. The van der Waals surface area contributed by atoms with Crippen LogP contribution >= 0.6 is 0 Å². The molecule has 0 unspecified atom stereocenters. The van der Waals surface area contributed by atoms with Crippen LogP contribution in [0.4, 0.5) is 0 Å². The van der Waals surface area contributed by atoms with E-state index < -0.39 is 10.0 Å². The van der Waals surface area contributed by atoms with Crippen LogP contribution < -0.4 is 15.6 Å². The SMILES string of the molecule is N[C@@H]1COc2cc(S(N)(=O)=O)ccc21. The predicted molar refractivity (Wildman–Crippen MR) is 50.2 cm³/mol. The highest BCUT2D eigenvalue weighted by Gasteiger charge is 2.22. The smallest absolute Gasteiger partial charge is 0.238 e. The van der Waals surface area contributed by atoms with Crippen LogP contribution in [0.5, 0.6) is 5.75 Å². The number of benzene rings is 1. The quantitative estimate of drug-likeness (QED) is 0.672. The van der Waals surface area contributed by atoms with Gasteiger partial charge in [-0.15, -0.1) is 0 Å². The van der Waals surface area contributed by atoms with Crippen LogP contribution in [0.3, 0.4) is 0 Å². The van der Waals surface area contributed by atoms with Crippen LogP contribution in [0.15, 0.2) is 23.1 Å². The number of hydrogen-bond acceptors (Lipinski definition) is 4. The molecule has 1 atom stereocenters. The van der Waals surface area contributed by atoms with Crippen LogP contribution in [0.25, 0.3) is 0 Å². The molecule has 1 aliphatic rings. The highest BCUT2D eigenvalue weighted by molar-refractivity contribution is 7.89. The molecule has 2 rings (SSSR count). The van der Waals surface area contributed by atoms with E-state index in [1.165, 1.54) is 12.1 Å². The Bertz CT molecular complexity index is 469. The van der Waals surface area contributed by atoms with Gasteiger partial charge >= 0.3 is 0 Å². The third-order valence-electron chi connectivity index (χ3n) is 2.13. The van der Waals surface area contributed by atoms with E-state index >= 15 is 0 Å². The molecule has 1 aromatic carbocycles. The van der Waals surface area contributed by atoms with Crippen molar-refractivity contribution >= 4 is 10.0 Å². The summed E-state index contributed by atoms with van der Waals surface area (Å²) in [6.07, 6.45) is 0. The molecule has 6 heteroatoms. The highest BCUT2D eigenvalue weighted by atomic mass is 32.2. The average Bonchev–Trinajstić information content (AvgIpc) is 2.46. The molecule has 0 fully saturated rings. The third kappa shape index (κ3) is 1.47. The summed E-state index contributed by atoms with van der Waals surface area (Å²) in [7, 11) is -3.66. The second-order valence-corrected chi connectivity index (χ2v) is 4.72. The summed E-state index contributed by atoms with van der Waals surface area (Å²) in [6.45, 7) is 0.378. The summed E-state index contributed by atoms with van der Waals surface area (Å²) in [6, 6.07) is 4.28. The molecule has 1 aromatic rings. The zero-order valence-electron chi connectivity index (χ0n) is 7.30. The first-order valence-electron chi connectivity index (χ1n) is 4.03. The number of ether oxygens (including phenoxy) is 1. The summed E-state index contributed by atoms with van der Waals surface area (Å²) in [5.41, 5.74) is 6.52. The summed E-state index contributed by atoms with van der Waals surface area (Å²) in [5.74, 6) is 0.504. The van der Waals surface area contributed by atoms with E-state index in [-0.39, 0.29) is 10.9 Å². The fourth-order valence-corrected chi connectivity index (χ4v) is 1.92. The van der Waals surface area contributed by atoms with E-state index in [4.69, 9.17) is 15.6 Å². The molecule has 0 bridgehead atoms. The fourth-order valence-electron chi connectivity index (χ4n) is 1.39. The minimum Gasteiger partial charge on any atom is -0.491 e. The Labute approximate surface area is 81.7 Å². The first-order valence-corrected chi connectivity index (χ1v) is 5.58. The zero-order valence-corrected chi connectivity index (χ0v) is 8.12. The molecule has 1 heterocycles. The lowest BCUT2D eigenvalue weighted by atomic mass is 10.1. The van der Waals surface area contributed by atoms with Crippen LogP contribution in [0, 0.1) is 0 Å². The number of fused-ring (bicyclic) bond motifs is 1. The third-order valence-corrected chi connectivity index (χ3v) is 3.04. The second kappa shape index (κ2) is 2.94. The summed E-state index contributed by atoms with van der Waals surface area (Å²) in [5, 5.41) is 4.97. The highest BCUT2D eigenvalue weighted by Crippen LogP contribution is 2.32. The number of primary sulfonamides is 1. The number of sulfonamides is 1. The van der Waals surface area contributed by atoms with Crippen molar-refractivity contribution in [1.29, 1.82) is 0 Å². The maximum atomic E-state index is 11.0. The van der Waals surface area contributed by atoms with Crippen LogP contribution in [0.1, 0.15) is 11.6 Å². The maximum Gasteiger partial charge on any atom is 0.238 e. The minimum atomic E-state index is -3.66. The maximum absolute atomic E-state index is 11.0. The Morgan fingerprint density at radius 2 is 2.14 bits per heavy atom. The molecule has 0 saturated carbocycles. The Kier molecular flexibility index (Phi) is 1.99. The topological polar surface area (TPSA) is 95.4 Å². The van der Waals surface area contributed by atoms with Crippen molar-refractivity contribution in [2.45, 2.75) is 10.9 Å². The van der Waals surface area contributed by atoms with Gasteiger partial charge in [-0.3, -0.25) is 0 Å². The van der Waals surface area contributed by atoms with Gasteiger partial charge in [0.15, 0.2) is 0 Å². The first kappa shape index (κ1) is 9.45. The molecule has 0 spiro atoms. The van der Waals surface area contributed by atoms with Crippen LogP contribution in [-0.4, -0.2) is 15.0 Å². The number of nitrogens with two attached hydrogens (primary N) is 2. The Morgan fingerprint density at radius 3 is 2.79 bits per heavy atom. The monoisotopic (exact) mass is 214 g/mol. The van der Waals surface area contributed by atoms with Gasteiger partial charge in [0.1, 0.15) is 12.4 Å². The van der Waals surface area contributed by atoms with Crippen molar-refractivity contribution in [2.75, 3.05) is 6.61 Å². The molecular weight excluding hydrogens is 204 g/mol.